The van der Waals surface area contributed by atoms with Crippen molar-refractivity contribution in [3.05, 3.63) is 114 Å². The Labute approximate surface area is 219 Å². The van der Waals surface area contributed by atoms with Crippen molar-refractivity contribution in [3.8, 4) is 11.3 Å². The molecule has 0 unspecified atom stereocenters. The number of hydrogen-bond acceptors (Lipinski definition) is 7. The minimum Gasteiger partial charge on any atom is -0.468 e. The van der Waals surface area contributed by atoms with E-state index in [0.717, 1.165) is 5.56 Å². The zero-order valence-corrected chi connectivity index (χ0v) is 21.1. The second kappa shape index (κ2) is 10.8. The number of sulfonamides is 1. The first-order valence-corrected chi connectivity index (χ1v) is 13.2. The summed E-state index contributed by atoms with van der Waals surface area (Å²) in [6.45, 7) is 1.78. The van der Waals surface area contributed by atoms with Gasteiger partial charge in [0.25, 0.3) is 5.91 Å². The summed E-state index contributed by atoms with van der Waals surface area (Å²) in [4.78, 5) is 22.1. The third-order valence-electron chi connectivity index (χ3n) is 5.84. The zero-order valence-electron chi connectivity index (χ0n) is 20.3. The van der Waals surface area contributed by atoms with Gasteiger partial charge in [0.1, 0.15) is 5.76 Å². The Balaban J connectivity index is 1.34. The van der Waals surface area contributed by atoms with Gasteiger partial charge in [0.05, 0.1) is 40.2 Å². The summed E-state index contributed by atoms with van der Waals surface area (Å²) in [5.74, 6) is 0.118. The minimum atomic E-state index is -3.72. The van der Waals surface area contributed by atoms with Crippen LogP contribution in [0.1, 0.15) is 28.6 Å². The normalized spacial score (nSPS) is 12.0. The fourth-order valence-corrected chi connectivity index (χ4v) is 4.82. The number of para-hydroxylation sites is 1. The van der Waals surface area contributed by atoms with Crippen LogP contribution in [-0.4, -0.2) is 30.0 Å². The lowest BCUT2D eigenvalue weighted by molar-refractivity contribution is 0.0956. The Morgan fingerprint density at radius 1 is 1.00 bits per heavy atom. The number of benzene rings is 2. The molecule has 2 aromatic carbocycles. The molecule has 10 heteroatoms. The average Bonchev–Trinajstić information content (AvgIpc) is 3.48. The van der Waals surface area contributed by atoms with E-state index in [1.165, 1.54) is 18.4 Å². The van der Waals surface area contributed by atoms with Crippen LogP contribution in [0.4, 0.5) is 0 Å². The number of hydrazone groups is 1. The number of furan rings is 1. The van der Waals surface area contributed by atoms with Crippen LogP contribution >= 0.6 is 0 Å². The average molecular weight is 526 g/mol. The van der Waals surface area contributed by atoms with Crippen LogP contribution in [0.2, 0.25) is 0 Å². The Morgan fingerprint density at radius 3 is 2.55 bits per heavy atom. The first kappa shape index (κ1) is 25.0. The fourth-order valence-electron chi connectivity index (χ4n) is 3.82. The molecule has 0 bridgehead atoms. The Bertz CT molecular complexity index is 1720. The highest BCUT2D eigenvalue weighted by Gasteiger charge is 2.16. The number of hydrogen-bond donors (Lipinski definition) is 2. The lowest BCUT2D eigenvalue weighted by atomic mass is 10.0. The lowest BCUT2D eigenvalue weighted by Crippen LogP contribution is -2.23. The number of amides is 1. The van der Waals surface area contributed by atoms with E-state index in [1.807, 2.05) is 36.4 Å². The molecule has 0 saturated heterocycles. The van der Waals surface area contributed by atoms with E-state index in [9.17, 15) is 13.2 Å². The molecule has 3 aromatic heterocycles. The minimum absolute atomic E-state index is 0.0514. The SMILES string of the molecule is C/C(=N\NC(=O)c1cc(-c2cccnc2)nc2ccccc12)c1ccc(S(=O)(=O)NCc2ccco2)cc1. The summed E-state index contributed by atoms with van der Waals surface area (Å²) in [6, 6.07) is 22.4. The van der Waals surface area contributed by atoms with Gasteiger partial charge in [-0.05, 0) is 61.0 Å². The standard InChI is InChI=1S/C28H23N5O4S/c1-19(20-10-12-23(13-11-20)38(35,36)30-18-22-7-5-15-37-22)32-33-28(34)25-16-27(21-6-4-14-29-17-21)31-26-9-3-2-8-24(25)26/h2-17,30H,18H2,1H3,(H,33,34)/b32-19+. The summed E-state index contributed by atoms with van der Waals surface area (Å²) >= 11 is 0. The zero-order chi connectivity index (χ0) is 26.5. The summed E-state index contributed by atoms with van der Waals surface area (Å²) < 4.78 is 32.8. The number of rotatable bonds is 8. The van der Waals surface area contributed by atoms with E-state index >= 15 is 0 Å². The molecular weight excluding hydrogens is 502 g/mol. The maximum absolute atomic E-state index is 13.2. The number of fused-ring (bicyclic) bond motifs is 1. The van der Waals surface area contributed by atoms with E-state index in [1.54, 1.807) is 49.6 Å². The van der Waals surface area contributed by atoms with Gasteiger partial charge in [0, 0.05) is 23.3 Å². The summed E-state index contributed by atoms with van der Waals surface area (Å²) in [5, 5.41) is 4.95. The van der Waals surface area contributed by atoms with Crippen molar-refractivity contribution in [3.63, 3.8) is 0 Å². The summed E-state index contributed by atoms with van der Waals surface area (Å²) in [5.41, 5.74) is 6.30. The van der Waals surface area contributed by atoms with Crippen LogP contribution in [-0.2, 0) is 16.6 Å². The van der Waals surface area contributed by atoms with Crippen LogP contribution in [0.5, 0.6) is 0 Å². The van der Waals surface area contributed by atoms with Crippen molar-refractivity contribution >= 4 is 32.5 Å². The smallest absolute Gasteiger partial charge is 0.272 e. The van der Waals surface area contributed by atoms with Crippen molar-refractivity contribution in [2.45, 2.75) is 18.4 Å². The molecule has 3 heterocycles. The third-order valence-corrected chi connectivity index (χ3v) is 7.26. The fraction of sp³-hybridized carbons (Fsp3) is 0.0714. The molecule has 5 rings (SSSR count). The van der Waals surface area contributed by atoms with E-state index in [0.29, 0.717) is 39.2 Å². The van der Waals surface area contributed by atoms with Gasteiger partial charge in [0.2, 0.25) is 10.0 Å². The largest absolute Gasteiger partial charge is 0.468 e. The molecule has 5 aromatic rings. The first-order chi connectivity index (χ1) is 18.4. The van der Waals surface area contributed by atoms with Crippen molar-refractivity contribution in [2.75, 3.05) is 0 Å². The molecule has 1 amide bonds. The van der Waals surface area contributed by atoms with Crippen molar-refractivity contribution < 1.29 is 17.6 Å². The van der Waals surface area contributed by atoms with Gasteiger partial charge in [0.15, 0.2) is 0 Å². The molecule has 0 saturated carbocycles. The van der Waals surface area contributed by atoms with Crippen LogP contribution < -0.4 is 10.1 Å². The molecule has 0 fully saturated rings. The van der Waals surface area contributed by atoms with E-state index in [-0.39, 0.29) is 11.4 Å². The van der Waals surface area contributed by atoms with Gasteiger partial charge in [-0.2, -0.15) is 5.10 Å². The molecule has 0 aliphatic rings. The molecule has 38 heavy (non-hydrogen) atoms. The molecule has 0 spiro atoms. The van der Waals surface area contributed by atoms with E-state index in [2.05, 4.69) is 25.2 Å². The van der Waals surface area contributed by atoms with Crippen LogP contribution in [0.25, 0.3) is 22.2 Å². The van der Waals surface area contributed by atoms with Crippen LogP contribution in [0.3, 0.4) is 0 Å². The van der Waals surface area contributed by atoms with Crippen LogP contribution in [0, 0.1) is 0 Å². The number of carbonyl (C=O) groups excluding carboxylic acids is 1. The summed E-state index contributed by atoms with van der Waals surface area (Å²) in [6.07, 6.45) is 4.85. The molecule has 0 aliphatic carbocycles. The molecule has 190 valence electrons. The van der Waals surface area contributed by atoms with Gasteiger partial charge in [-0.15, -0.1) is 0 Å². The number of nitrogens with zero attached hydrogens (tertiary/aromatic N) is 3. The number of carbonyl (C=O) groups is 1. The van der Waals surface area contributed by atoms with Gasteiger partial charge < -0.3 is 4.42 Å². The predicted molar refractivity (Wildman–Crippen MR) is 144 cm³/mol. The second-order valence-electron chi connectivity index (χ2n) is 8.38. The molecular formula is C28H23N5O4S. The Hall–Kier alpha value is -4.67. The molecule has 0 atom stereocenters. The topological polar surface area (TPSA) is 127 Å². The third kappa shape index (κ3) is 5.51. The van der Waals surface area contributed by atoms with E-state index < -0.39 is 15.9 Å². The second-order valence-corrected chi connectivity index (χ2v) is 10.1. The van der Waals surface area contributed by atoms with E-state index in [4.69, 9.17) is 4.42 Å². The molecule has 0 aliphatic heterocycles. The maximum Gasteiger partial charge on any atom is 0.272 e. The predicted octanol–water partition coefficient (Wildman–Crippen LogP) is 4.52. The number of pyridine rings is 2. The van der Waals surface area contributed by atoms with Gasteiger partial charge >= 0.3 is 0 Å². The van der Waals surface area contributed by atoms with Crippen molar-refractivity contribution in [1.29, 1.82) is 0 Å². The number of aromatic nitrogens is 2. The first-order valence-electron chi connectivity index (χ1n) is 11.7. The molecule has 0 radical (unpaired) electrons. The Kier molecular flexibility index (Phi) is 7.07. The van der Waals surface area contributed by atoms with Crippen molar-refractivity contribution in [1.82, 2.24) is 20.1 Å². The van der Waals surface area contributed by atoms with Gasteiger partial charge in [-0.3, -0.25) is 9.78 Å². The highest BCUT2D eigenvalue weighted by molar-refractivity contribution is 7.89. The van der Waals surface area contributed by atoms with Gasteiger partial charge in [-0.1, -0.05) is 30.3 Å². The van der Waals surface area contributed by atoms with Crippen molar-refractivity contribution in [2.24, 2.45) is 5.10 Å². The quantitative estimate of drug-likeness (QED) is 0.227. The highest BCUT2D eigenvalue weighted by atomic mass is 32.2. The Morgan fingerprint density at radius 2 is 1.82 bits per heavy atom. The number of nitrogens with one attached hydrogen (secondary N) is 2. The monoisotopic (exact) mass is 525 g/mol. The van der Waals surface area contributed by atoms with Gasteiger partial charge in [-0.25, -0.2) is 23.5 Å². The lowest BCUT2D eigenvalue weighted by Gasteiger charge is -2.10. The molecule has 9 nitrogen and oxygen atoms in total. The maximum atomic E-state index is 13.2. The molecule has 2 N–H and O–H groups in total. The summed E-state index contributed by atoms with van der Waals surface area (Å²) in [7, 11) is -3.72. The highest BCUT2D eigenvalue weighted by Crippen LogP contribution is 2.24. The van der Waals surface area contributed by atoms with Crippen LogP contribution in [0.15, 0.2) is 112 Å².